The largest absolute Gasteiger partial charge is 0.280 e. The lowest BCUT2D eigenvalue weighted by Crippen LogP contribution is -2.26. The van der Waals surface area contributed by atoms with Gasteiger partial charge in [-0.3, -0.25) is 4.72 Å². The zero-order valence-electron chi connectivity index (χ0n) is 15.2. The lowest BCUT2D eigenvalue weighted by atomic mass is 10.2. The van der Waals surface area contributed by atoms with Gasteiger partial charge in [-0.25, -0.2) is 25.9 Å². The van der Waals surface area contributed by atoms with E-state index in [2.05, 4.69) is 9.44 Å². The smallest absolute Gasteiger partial charge is 0.261 e. The highest BCUT2D eigenvalue weighted by Crippen LogP contribution is 2.19. The van der Waals surface area contributed by atoms with E-state index in [1.165, 1.54) is 24.3 Å². The minimum absolute atomic E-state index is 0.0234. The summed E-state index contributed by atoms with van der Waals surface area (Å²) >= 11 is 0. The number of benzene rings is 3. The SMILES string of the molecule is O=S(=O)(NCCc1ccccc1)c1ccc(NS(=O)(=O)c2ccc(F)cc2)cc1. The standard InChI is InChI=1S/C20H19FN2O4S2/c21-17-6-10-20(11-7-17)29(26,27)23-18-8-12-19(13-9-18)28(24,25)22-15-14-16-4-2-1-3-5-16/h1-13,22-23H,14-15H2. The van der Waals surface area contributed by atoms with Crippen LogP contribution in [0.15, 0.2) is 88.7 Å². The highest BCUT2D eigenvalue weighted by atomic mass is 32.2. The number of nitrogens with one attached hydrogen (secondary N) is 2. The summed E-state index contributed by atoms with van der Waals surface area (Å²) < 4.78 is 67.2. The fourth-order valence-corrected chi connectivity index (χ4v) is 4.68. The Morgan fingerprint density at radius 3 is 1.86 bits per heavy atom. The topological polar surface area (TPSA) is 92.3 Å². The molecule has 0 aromatic heterocycles. The molecule has 0 amide bonds. The number of rotatable bonds is 8. The van der Waals surface area contributed by atoms with Crippen LogP contribution in [-0.4, -0.2) is 23.4 Å². The molecule has 9 heteroatoms. The van der Waals surface area contributed by atoms with Gasteiger partial charge in [0, 0.05) is 12.2 Å². The first-order valence-corrected chi connectivity index (χ1v) is 11.6. The van der Waals surface area contributed by atoms with Gasteiger partial charge in [-0.15, -0.1) is 0 Å². The van der Waals surface area contributed by atoms with Crippen molar-refractivity contribution in [3.05, 3.63) is 90.2 Å². The van der Waals surface area contributed by atoms with E-state index in [-0.39, 0.29) is 22.0 Å². The molecule has 3 aromatic carbocycles. The molecule has 0 spiro atoms. The first kappa shape index (κ1) is 21.0. The van der Waals surface area contributed by atoms with Crippen molar-refractivity contribution in [2.24, 2.45) is 0 Å². The van der Waals surface area contributed by atoms with E-state index in [0.717, 1.165) is 29.8 Å². The molecular weight excluding hydrogens is 415 g/mol. The third-order valence-corrected chi connectivity index (χ3v) is 6.96. The first-order valence-electron chi connectivity index (χ1n) is 8.68. The van der Waals surface area contributed by atoms with Crippen LogP contribution in [0.2, 0.25) is 0 Å². The Balaban J connectivity index is 1.65. The zero-order valence-corrected chi connectivity index (χ0v) is 16.9. The normalized spacial score (nSPS) is 11.9. The highest BCUT2D eigenvalue weighted by Gasteiger charge is 2.16. The van der Waals surface area contributed by atoms with Gasteiger partial charge in [0.25, 0.3) is 10.0 Å². The molecular formula is C20H19FN2O4S2. The van der Waals surface area contributed by atoms with Gasteiger partial charge in [-0.05, 0) is 60.5 Å². The van der Waals surface area contributed by atoms with Crippen molar-refractivity contribution in [2.45, 2.75) is 16.2 Å². The third-order valence-electron chi connectivity index (χ3n) is 4.09. The third kappa shape index (κ3) is 5.63. The summed E-state index contributed by atoms with van der Waals surface area (Å²) in [5.41, 5.74) is 1.21. The minimum Gasteiger partial charge on any atom is -0.280 e. The number of hydrogen-bond donors (Lipinski definition) is 2. The van der Waals surface area contributed by atoms with Crippen LogP contribution in [0, 0.1) is 5.82 Å². The molecule has 0 saturated heterocycles. The van der Waals surface area contributed by atoms with Crippen LogP contribution >= 0.6 is 0 Å². The Kier molecular flexibility index (Phi) is 6.31. The summed E-state index contributed by atoms with van der Waals surface area (Å²) in [7, 11) is -7.62. The average molecular weight is 435 g/mol. The quantitative estimate of drug-likeness (QED) is 0.570. The highest BCUT2D eigenvalue weighted by molar-refractivity contribution is 7.92. The summed E-state index contributed by atoms with van der Waals surface area (Å²) in [4.78, 5) is -0.0755. The lowest BCUT2D eigenvalue weighted by molar-refractivity contribution is 0.581. The molecule has 0 bridgehead atoms. The molecule has 0 aliphatic heterocycles. The summed E-state index contributed by atoms with van der Waals surface area (Å²) in [5.74, 6) is -0.543. The van der Waals surface area contributed by atoms with E-state index in [4.69, 9.17) is 0 Å². The summed E-state index contributed by atoms with van der Waals surface area (Å²) in [6.07, 6.45) is 0.551. The van der Waals surface area contributed by atoms with E-state index >= 15 is 0 Å². The van der Waals surface area contributed by atoms with E-state index in [0.29, 0.717) is 6.42 Å². The Labute approximate surface area is 169 Å². The van der Waals surface area contributed by atoms with E-state index in [9.17, 15) is 21.2 Å². The molecule has 0 aliphatic rings. The minimum atomic E-state index is -3.90. The lowest BCUT2D eigenvalue weighted by Gasteiger charge is -2.10. The van der Waals surface area contributed by atoms with Crippen molar-refractivity contribution >= 4 is 25.7 Å². The van der Waals surface area contributed by atoms with Gasteiger partial charge in [0.1, 0.15) is 5.82 Å². The molecule has 0 fully saturated rings. The van der Waals surface area contributed by atoms with Crippen molar-refractivity contribution in [1.82, 2.24) is 4.72 Å². The van der Waals surface area contributed by atoms with E-state index in [1.54, 1.807) is 0 Å². The molecule has 0 saturated carbocycles. The van der Waals surface area contributed by atoms with Crippen LogP contribution < -0.4 is 9.44 Å². The van der Waals surface area contributed by atoms with Gasteiger partial charge in [0.15, 0.2) is 0 Å². The van der Waals surface area contributed by atoms with Gasteiger partial charge in [-0.2, -0.15) is 0 Å². The molecule has 3 rings (SSSR count). The fourth-order valence-electron chi connectivity index (χ4n) is 2.59. The second-order valence-corrected chi connectivity index (χ2v) is 9.67. The number of sulfonamides is 2. The van der Waals surface area contributed by atoms with Crippen molar-refractivity contribution in [3.63, 3.8) is 0 Å². The van der Waals surface area contributed by atoms with Gasteiger partial charge in [0.2, 0.25) is 10.0 Å². The van der Waals surface area contributed by atoms with Crippen LogP contribution in [0.5, 0.6) is 0 Å². The van der Waals surface area contributed by atoms with Gasteiger partial charge < -0.3 is 0 Å². The van der Waals surface area contributed by atoms with Crippen LogP contribution in [0.3, 0.4) is 0 Å². The second-order valence-electron chi connectivity index (χ2n) is 6.22. The van der Waals surface area contributed by atoms with E-state index in [1.807, 2.05) is 30.3 Å². The maximum atomic E-state index is 13.0. The molecule has 0 atom stereocenters. The summed E-state index contributed by atoms with van der Waals surface area (Å²) in [6.45, 7) is 0.241. The molecule has 0 aliphatic carbocycles. The predicted molar refractivity (Wildman–Crippen MR) is 109 cm³/mol. The van der Waals surface area contributed by atoms with Crippen molar-refractivity contribution < 1.29 is 21.2 Å². The molecule has 6 nitrogen and oxygen atoms in total. The molecule has 0 unspecified atom stereocenters. The second kappa shape index (κ2) is 8.73. The number of halogens is 1. The Bertz CT molecular complexity index is 1160. The molecule has 3 aromatic rings. The zero-order chi connectivity index (χ0) is 20.9. The van der Waals surface area contributed by atoms with Crippen molar-refractivity contribution in [2.75, 3.05) is 11.3 Å². The van der Waals surface area contributed by atoms with Gasteiger partial charge in [-0.1, -0.05) is 30.3 Å². The van der Waals surface area contributed by atoms with Crippen molar-refractivity contribution in [1.29, 1.82) is 0 Å². The molecule has 0 heterocycles. The molecule has 29 heavy (non-hydrogen) atoms. The maximum Gasteiger partial charge on any atom is 0.261 e. The Hall–Kier alpha value is -2.75. The summed E-state index contributed by atoms with van der Waals surface area (Å²) in [5, 5.41) is 0. The van der Waals surface area contributed by atoms with Crippen LogP contribution in [0.1, 0.15) is 5.56 Å². The van der Waals surface area contributed by atoms with Crippen LogP contribution in [0.25, 0.3) is 0 Å². The molecule has 2 N–H and O–H groups in total. The van der Waals surface area contributed by atoms with Crippen LogP contribution in [0.4, 0.5) is 10.1 Å². The van der Waals surface area contributed by atoms with E-state index < -0.39 is 25.9 Å². The molecule has 152 valence electrons. The average Bonchev–Trinajstić information content (AvgIpc) is 2.69. The van der Waals surface area contributed by atoms with Gasteiger partial charge >= 0.3 is 0 Å². The summed E-state index contributed by atoms with van der Waals surface area (Å²) in [6, 6.07) is 19.2. The fraction of sp³-hybridized carbons (Fsp3) is 0.100. The van der Waals surface area contributed by atoms with Crippen molar-refractivity contribution in [3.8, 4) is 0 Å². The van der Waals surface area contributed by atoms with Crippen LogP contribution in [-0.2, 0) is 26.5 Å². The molecule has 0 radical (unpaired) electrons. The monoisotopic (exact) mass is 434 g/mol. The number of hydrogen-bond acceptors (Lipinski definition) is 4. The van der Waals surface area contributed by atoms with Gasteiger partial charge in [0.05, 0.1) is 9.79 Å². The Morgan fingerprint density at radius 2 is 1.24 bits per heavy atom. The predicted octanol–water partition coefficient (Wildman–Crippen LogP) is 3.15. The Morgan fingerprint density at radius 1 is 0.690 bits per heavy atom. The maximum absolute atomic E-state index is 13.0. The first-order chi connectivity index (χ1) is 13.8. The number of anilines is 1.